The van der Waals surface area contributed by atoms with Crippen molar-refractivity contribution in [3.63, 3.8) is 0 Å². The summed E-state index contributed by atoms with van der Waals surface area (Å²) in [5, 5.41) is 1.06. The van der Waals surface area contributed by atoms with Crippen molar-refractivity contribution in [1.82, 2.24) is 0 Å². The summed E-state index contributed by atoms with van der Waals surface area (Å²) in [6.45, 7) is 0. The van der Waals surface area contributed by atoms with Crippen LogP contribution in [0.2, 0.25) is 5.02 Å². The number of amides is 1. The molecule has 0 fully saturated rings. The first-order valence-corrected chi connectivity index (χ1v) is 4.55. The van der Waals surface area contributed by atoms with Crippen LogP contribution in [-0.2, 0) is 11.0 Å². The molecular weight excluding hydrogens is 269 g/mol. The second-order valence-corrected chi connectivity index (χ2v) is 3.39. The number of alkyl halides is 5. The first kappa shape index (κ1) is 13.7. The van der Waals surface area contributed by atoms with Crippen molar-refractivity contribution in [2.24, 2.45) is 0 Å². The number of benzene rings is 1. The molecule has 0 aromatic heterocycles. The Morgan fingerprint density at radius 1 is 1.29 bits per heavy atom. The molecule has 17 heavy (non-hydrogen) atoms. The Labute approximate surface area is 97.4 Å². The molecule has 0 saturated carbocycles. The molecule has 1 N–H and O–H groups in total. The zero-order valence-electron chi connectivity index (χ0n) is 7.99. The molecule has 0 unspecified atom stereocenters. The van der Waals surface area contributed by atoms with E-state index < -0.39 is 34.8 Å². The molecule has 0 saturated heterocycles. The van der Waals surface area contributed by atoms with Gasteiger partial charge in [0.1, 0.15) is 0 Å². The standard InChI is InChI=1S/C9H5ClF5NO/c10-6-2-1-4(16-8(17)7(11)12)3-5(6)9(13,14)15/h1-3,7H,(H,16,17). The Balaban J connectivity index is 3.01. The van der Waals surface area contributed by atoms with Crippen molar-refractivity contribution < 1.29 is 26.7 Å². The van der Waals surface area contributed by atoms with Crippen LogP contribution < -0.4 is 5.32 Å². The third-order valence-electron chi connectivity index (χ3n) is 1.74. The maximum absolute atomic E-state index is 12.4. The zero-order chi connectivity index (χ0) is 13.2. The lowest BCUT2D eigenvalue weighted by Gasteiger charge is -2.11. The summed E-state index contributed by atoms with van der Waals surface area (Å²) >= 11 is 5.30. The van der Waals surface area contributed by atoms with E-state index in [0.29, 0.717) is 6.07 Å². The summed E-state index contributed by atoms with van der Waals surface area (Å²) in [6.07, 6.45) is -8.03. The number of hydrogen-bond donors (Lipinski definition) is 1. The zero-order valence-corrected chi connectivity index (χ0v) is 8.74. The van der Waals surface area contributed by atoms with Gasteiger partial charge in [-0.1, -0.05) is 11.6 Å². The van der Waals surface area contributed by atoms with Gasteiger partial charge in [-0.2, -0.15) is 22.0 Å². The van der Waals surface area contributed by atoms with E-state index in [-0.39, 0.29) is 0 Å². The normalized spacial score (nSPS) is 11.7. The molecular formula is C9H5ClF5NO. The van der Waals surface area contributed by atoms with E-state index in [4.69, 9.17) is 11.6 Å². The van der Waals surface area contributed by atoms with Gasteiger partial charge in [0, 0.05) is 5.69 Å². The van der Waals surface area contributed by atoms with E-state index in [2.05, 4.69) is 0 Å². The molecule has 0 aliphatic rings. The number of carbonyl (C=O) groups excluding carboxylic acids is 1. The summed E-state index contributed by atoms with van der Waals surface area (Å²) in [5.41, 5.74) is -1.60. The molecule has 0 heterocycles. The molecule has 0 atom stereocenters. The Hall–Kier alpha value is -1.37. The first-order chi connectivity index (χ1) is 7.71. The lowest BCUT2D eigenvalue weighted by molar-refractivity contribution is -0.137. The number of halogens is 6. The van der Waals surface area contributed by atoms with Crippen LogP contribution in [0.5, 0.6) is 0 Å². The fraction of sp³-hybridized carbons (Fsp3) is 0.222. The van der Waals surface area contributed by atoms with Gasteiger partial charge < -0.3 is 5.32 Å². The van der Waals surface area contributed by atoms with Crippen molar-refractivity contribution in [1.29, 1.82) is 0 Å². The van der Waals surface area contributed by atoms with Crippen LogP contribution in [0.3, 0.4) is 0 Å². The monoisotopic (exact) mass is 273 g/mol. The number of nitrogens with one attached hydrogen (secondary N) is 1. The van der Waals surface area contributed by atoms with Crippen molar-refractivity contribution in [3.05, 3.63) is 28.8 Å². The minimum atomic E-state index is -4.72. The Morgan fingerprint density at radius 3 is 2.35 bits per heavy atom. The molecule has 2 nitrogen and oxygen atoms in total. The molecule has 0 radical (unpaired) electrons. The molecule has 8 heteroatoms. The van der Waals surface area contributed by atoms with Gasteiger partial charge in [-0.15, -0.1) is 0 Å². The number of rotatable bonds is 2. The summed E-state index contributed by atoms with van der Waals surface area (Å²) in [4.78, 5) is 10.6. The second kappa shape index (κ2) is 4.87. The number of hydrogen-bond acceptors (Lipinski definition) is 1. The first-order valence-electron chi connectivity index (χ1n) is 4.17. The fourth-order valence-corrected chi connectivity index (χ4v) is 1.24. The predicted octanol–water partition coefficient (Wildman–Crippen LogP) is 3.56. The molecule has 1 rings (SSSR count). The highest BCUT2D eigenvalue weighted by atomic mass is 35.5. The van der Waals surface area contributed by atoms with Gasteiger partial charge >= 0.3 is 12.6 Å². The Kier molecular flexibility index (Phi) is 3.92. The lowest BCUT2D eigenvalue weighted by atomic mass is 10.2. The number of carbonyl (C=O) groups is 1. The summed E-state index contributed by atoms with van der Waals surface area (Å²) in [7, 11) is 0. The third-order valence-corrected chi connectivity index (χ3v) is 2.07. The highest BCUT2D eigenvalue weighted by molar-refractivity contribution is 6.31. The Bertz CT molecular complexity index is 432. The molecule has 0 bridgehead atoms. The van der Waals surface area contributed by atoms with Gasteiger partial charge in [0.15, 0.2) is 0 Å². The number of anilines is 1. The minimum Gasteiger partial charge on any atom is -0.321 e. The van der Waals surface area contributed by atoms with E-state index in [1.807, 2.05) is 0 Å². The highest BCUT2D eigenvalue weighted by Crippen LogP contribution is 2.36. The quantitative estimate of drug-likeness (QED) is 0.820. The topological polar surface area (TPSA) is 29.1 Å². The summed E-state index contributed by atoms with van der Waals surface area (Å²) in [6, 6.07) is 2.35. The van der Waals surface area contributed by atoms with Crippen molar-refractivity contribution in [2.45, 2.75) is 12.6 Å². The summed E-state index contributed by atoms with van der Waals surface area (Å²) < 4.78 is 60.9. The molecule has 1 amide bonds. The van der Waals surface area contributed by atoms with Crippen LogP contribution in [0.15, 0.2) is 18.2 Å². The van der Waals surface area contributed by atoms with Crippen molar-refractivity contribution in [2.75, 3.05) is 5.32 Å². The van der Waals surface area contributed by atoms with Gasteiger partial charge in [-0.25, -0.2) is 0 Å². The van der Waals surface area contributed by atoms with Crippen LogP contribution in [0.4, 0.5) is 27.6 Å². The smallest absolute Gasteiger partial charge is 0.321 e. The van der Waals surface area contributed by atoms with Gasteiger partial charge in [0.25, 0.3) is 5.91 Å². The molecule has 0 spiro atoms. The lowest BCUT2D eigenvalue weighted by Crippen LogP contribution is -2.20. The average Bonchev–Trinajstić information content (AvgIpc) is 2.19. The molecule has 0 aliphatic carbocycles. The van der Waals surface area contributed by atoms with Gasteiger partial charge in [-0.05, 0) is 18.2 Å². The van der Waals surface area contributed by atoms with Gasteiger partial charge in [0.05, 0.1) is 10.6 Å². The van der Waals surface area contributed by atoms with E-state index in [1.165, 1.54) is 0 Å². The third kappa shape index (κ3) is 3.55. The van der Waals surface area contributed by atoms with E-state index in [9.17, 15) is 26.7 Å². The maximum Gasteiger partial charge on any atom is 0.417 e. The van der Waals surface area contributed by atoms with Crippen LogP contribution in [-0.4, -0.2) is 12.3 Å². The predicted molar refractivity (Wildman–Crippen MR) is 51.1 cm³/mol. The van der Waals surface area contributed by atoms with Crippen LogP contribution in [0.25, 0.3) is 0 Å². The SMILES string of the molecule is O=C(Nc1ccc(Cl)c(C(F)(F)F)c1)C(F)F. The van der Waals surface area contributed by atoms with Gasteiger partial charge in [0.2, 0.25) is 0 Å². The highest BCUT2D eigenvalue weighted by Gasteiger charge is 2.33. The molecule has 1 aromatic carbocycles. The van der Waals surface area contributed by atoms with Crippen LogP contribution in [0, 0.1) is 0 Å². The maximum atomic E-state index is 12.4. The molecule has 1 aromatic rings. The second-order valence-electron chi connectivity index (χ2n) is 2.98. The van der Waals surface area contributed by atoms with E-state index in [0.717, 1.165) is 12.1 Å². The van der Waals surface area contributed by atoms with Crippen molar-refractivity contribution >= 4 is 23.2 Å². The van der Waals surface area contributed by atoms with Gasteiger partial charge in [-0.3, -0.25) is 4.79 Å². The molecule has 0 aliphatic heterocycles. The molecule has 94 valence electrons. The Morgan fingerprint density at radius 2 is 1.88 bits per heavy atom. The van der Waals surface area contributed by atoms with Crippen molar-refractivity contribution in [3.8, 4) is 0 Å². The van der Waals surface area contributed by atoms with Crippen LogP contribution >= 0.6 is 11.6 Å². The fourth-order valence-electron chi connectivity index (χ4n) is 1.02. The summed E-state index contributed by atoms with van der Waals surface area (Å²) in [5.74, 6) is -1.68. The van der Waals surface area contributed by atoms with Crippen LogP contribution in [0.1, 0.15) is 5.56 Å². The van der Waals surface area contributed by atoms with E-state index >= 15 is 0 Å². The minimum absolute atomic E-state index is 0.396. The van der Waals surface area contributed by atoms with E-state index in [1.54, 1.807) is 5.32 Å². The largest absolute Gasteiger partial charge is 0.417 e. The average molecular weight is 274 g/mol.